The smallest absolute Gasteiger partial charge is 0.324 e. The lowest BCUT2D eigenvalue weighted by Gasteiger charge is -2.07. The molecule has 0 saturated heterocycles. The summed E-state index contributed by atoms with van der Waals surface area (Å²) < 4.78 is 3.62. The molecule has 0 bridgehead atoms. The first-order valence-corrected chi connectivity index (χ1v) is 7.87. The molecule has 3 rings (SSSR count). The second-order valence-corrected chi connectivity index (χ2v) is 6.02. The monoisotopic (exact) mass is 339 g/mol. The Balaban J connectivity index is 2.60. The fraction of sp³-hybridized carbons (Fsp3) is 0.0667. The molecule has 3 aromatic rings. The molecular weight excluding hydrogens is 328 g/mol. The van der Waals surface area contributed by atoms with E-state index < -0.39 is 0 Å². The highest BCUT2D eigenvalue weighted by molar-refractivity contribution is 7.71. The van der Waals surface area contributed by atoms with Crippen LogP contribution in [0.4, 0.5) is 5.82 Å². The molecule has 6 nitrogen and oxygen atoms in total. The van der Waals surface area contributed by atoms with Crippen molar-refractivity contribution in [1.29, 1.82) is 10.5 Å². The van der Waals surface area contributed by atoms with Crippen molar-refractivity contribution in [3.8, 4) is 22.6 Å². The van der Waals surface area contributed by atoms with Gasteiger partial charge in [0, 0.05) is 10.4 Å². The van der Waals surface area contributed by atoms with Gasteiger partial charge in [-0.1, -0.05) is 23.2 Å². The van der Waals surface area contributed by atoms with E-state index >= 15 is 0 Å². The van der Waals surface area contributed by atoms with Gasteiger partial charge in [-0.15, -0.1) is 16.4 Å². The molecule has 3 aromatic heterocycles. The van der Waals surface area contributed by atoms with Crippen LogP contribution in [0.15, 0.2) is 30.2 Å². The Morgan fingerprint density at radius 2 is 2.17 bits per heavy atom. The number of H-pyrrole nitrogens is 1. The summed E-state index contributed by atoms with van der Waals surface area (Å²) in [5.74, 6) is 0.221. The number of aromatic nitrogens is 3. The topological polar surface area (TPSA) is 97.7 Å². The molecule has 0 aliphatic rings. The first-order valence-electron chi connectivity index (χ1n) is 6.59. The summed E-state index contributed by atoms with van der Waals surface area (Å²) in [6.07, 6.45) is 1.68. The second kappa shape index (κ2) is 5.69. The van der Waals surface area contributed by atoms with Gasteiger partial charge in [0.1, 0.15) is 23.3 Å². The number of nitrogen functional groups attached to an aromatic ring is 1. The van der Waals surface area contributed by atoms with E-state index in [9.17, 15) is 10.5 Å². The molecule has 23 heavy (non-hydrogen) atoms. The molecule has 0 aromatic carbocycles. The van der Waals surface area contributed by atoms with Gasteiger partial charge < -0.3 is 5.73 Å². The SMILES string of the molecule is C=CC[n+]1c(=S)[nH]n2c(N)c(C#N)c(-c3cccs3)c(C#N)c21. The minimum atomic E-state index is 0.221. The number of pyridine rings is 1. The van der Waals surface area contributed by atoms with E-state index in [1.807, 2.05) is 17.5 Å². The molecule has 0 spiro atoms. The highest BCUT2D eigenvalue weighted by Crippen LogP contribution is 2.35. The Kier molecular flexibility index (Phi) is 3.70. The summed E-state index contributed by atoms with van der Waals surface area (Å²) in [7, 11) is 0. The summed E-state index contributed by atoms with van der Waals surface area (Å²) in [6.45, 7) is 4.14. The van der Waals surface area contributed by atoms with Crippen molar-refractivity contribution in [3.05, 3.63) is 46.1 Å². The predicted octanol–water partition coefficient (Wildman–Crippen LogP) is 2.52. The molecule has 0 unspecified atom stereocenters. The number of allylic oxidation sites excluding steroid dienone is 1. The van der Waals surface area contributed by atoms with E-state index in [4.69, 9.17) is 18.0 Å². The molecule has 0 fully saturated rings. The molecule has 0 saturated carbocycles. The zero-order valence-electron chi connectivity index (χ0n) is 11.9. The quantitative estimate of drug-likeness (QED) is 0.435. The maximum Gasteiger partial charge on any atom is 0.324 e. The van der Waals surface area contributed by atoms with Crippen molar-refractivity contribution in [2.45, 2.75) is 6.54 Å². The molecule has 0 aliphatic heterocycles. The third-order valence-corrected chi connectivity index (χ3v) is 4.64. The number of nitrogens with zero attached hydrogens (tertiary/aromatic N) is 4. The summed E-state index contributed by atoms with van der Waals surface area (Å²) in [5.41, 5.74) is 7.83. The van der Waals surface area contributed by atoms with Gasteiger partial charge in [-0.25, -0.2) is 4.57 Å². The molecular formula is C15H11N6S2+. The first-order chi connectivity index (χ1) is 11.1. The first kappa shape index (κ1) is 15.0. The van der Waals surface area contributed by atoms with Gasteiger partial charge in [0.25, 0.3) is 5.65 Å². The number of nitrogens with two attached hydrogens (primary N) is 1. The molecule has 0 atom stereocenters. The molecule has 112 valence electrons. The summed E-state index contributed by atoms with van der Waals surface area (Å²) in [5, 5.41) is 24.1. The van der Waals surface area contributed by atoms with Crippen LogP contribution in [0.5, 0.6) is 0 Å². The van der Waals surface area contributed by atoms with Crippen LogP contribution in [-0.2, 0) is 6.54 Å². The van der Waals surface area contributed by atoms with E-state index in [2.05, 4.69) is 23.8 Å². The average Bonchev–Trinajstić information content (AvgIpc) is 3.17. The number of fused-ring (bicyclic) bond motifs is 1. The zero-order valence-corrected chi connectivity index (χ0v) is 13.5. The van der Waals surface area contributed by atoms with Crippen molar-refractivity contribution in [1.82, 2.24) is 9.61 Å². The number of hydrogen-bond acceptors (Lipinski definition) is 5. The predicted molar refractivity (Wildman–Crippen MR) is 90.1 cm³/mol. The molecule has 3 N–H and O–H groups in total. The molecule has 0 amide bonds. The number of rotatable bonds is 3. The summed E-state index contributed by atoms with van der Waals surface area (Å²) in [6, 6.07) is 8.03. The van der Waals surface area contributed by atoms with Gasteiger partial charge in [-0.3, -0.25) is 0 Å². The molecule has 8 heteroatoms. The maximum absolute atomic E-state index is 9.73. The molecule has 3 heterocycles. The Hall–Kier alpha value is -2.94. The Bertz CT molecular complexity index is 1060. The fourth-order valence-corrected chi connectivity index (χ4v) is 3.54. The van der Waals surface area contributed by atoms with Crippen LogP contribution in [0.1, 0.15) is 11.1 Å². The lowest BCUT2D eigenvalue weighted by molar-refractivity contribution is -0.668. The van der Waals surface area contributed by atoms with Crippen molar-refractivity contribution in [2.24, 2.45) is 0 Å². The highest BCUT2D eigenvalue weighted by atomic mass is 32.1. The van der Waals surface area contributed by atoms with Crippen LogP contribution in [0.2, 0.25) is 0 Å². The third kappa shape index (κ3) is 2.13. The minimum absolute atomic E-state index is 0.221. The second-order valence-electron chi connectivity index (χ2n) is 4.69. The van der Waals surface area contributed by atoms with Gasteiger partial charge in [-0.2, -0.15) is 10.5 Å². The van der Waals surface area contributed by atoms with E-state index in [0.29, 0.717) is 28.1 Å². The number of thiophene rings is 1. The van der Waals surface area contributed by atoms with E-state index in [1.54, 1.807) is 10.6 Å². The van der Waals surface area contributed by atoms with Crippen molar-refractivity contribution in [3.63, 3.8) is 0 Å². The van der Waals surface area contributed by atoms with Crippen molar-refractivity contribution < 1.29 is 4.57 Å². The number of nitrogens with one attached hydrogen (secondary N) is 1. The zero-order chi connectivity index (χ0) is 16.6. The van der Waals surface area contributed by atoms with Crippen molar-refractivity contribution >= 4 is 35.0 Å². The maximum atomic E-state index is 9.73. The van der Waals surface area contributed by atoms with Crippen LogP contribution in [0, 0.1) is 27.4 Å². The number of hydrogen-bond donors (Lipinski definition) is 2. The van der Waals surface area contributed by atoms with Crippen LogP contribution in [0.3, 0.4) is 0 Å². The largest absolute Gasteiger partial charge is 0.369 e. The standard InChI is InChI=1S/C15H10N6S2/c1-2-5-20-14-10(8-17)12(11-4-3-6-23-11)9(7-16)13(18)21(14)19-15(20)22/h2-4,6,18H,1,5H2,(H,19,22)/p+1. The van der Waals surface area contributed by atoms with Gasteiger partial charge in [-0.05, 0) is 23.7 Å². The highest BCUT2D eigenvalue weighted by Gasteiger charge is 2.28. The Morgan fingerprint density at radius 1 is 1.43 bits per heavy atom. The van der Waals surface area contributed by atoms with Gasteiger partial charge in [0.2, 0.25) is 5.82 Å². The normalized spacial score (nSPS) is 10.3. The van der Waals surface area contributed by atoms with Gasteiger partial charge in [0.05, 0.1) is 6.54 Å². The minimum Gasteiger partial charge on any atom is -0.369 e. The van der Waals surface area contributed by atoms with Crippen LogP contribution < -0.4 is 10.3 Å². The van der Waals surface area contributed by atoms with Crippen LogP contribution >= 0.6 is 23.6 Å². The Morgan fingerprint density at radius 3 is 2.74 bits per heavy atom. The lowest BCUT2D eigenvalue weighted by Crippen LogP contribution is -2.34. The van der Waals surface area contributed by atoms with Gasteiger partial charge >= 0.3 is 4.77 Å². The van der Waals surface area contributed by atoms with Crippen LogP contribution in [-0.4, -0.2) is 9.61 Å². The third-order valence-electron chi connectivity index (χ3n) is 3.44. The Labute approximate surface area is 140 Å². The molecule has 0 radical (unpaired) electrons. The summed E-state index contributed by atoms with van der Waals surface area (Å²) >= 11 is 6.75. The number of anilines is 1. The summed E-state index contributed by atoms with van der Waals surface area (Å²) in [4.78, 5) is 0.810. The van der Waals surface area contributed by atoms with E-state index in [0.717, 1.165) is 4.88 Å². The lowest BCUT2D eigenvalue weighted by atomic mass is 10.0. The average molecular weight is 339 g/mol. The van der Waals surface area contributed by atoms with E-state index in [-0.39, 0.29) is 11.4 Å². The number of aromatic amines is 1. The van der Waals surface area contributed by atoms with Crippen LogP contribution in [0.25, 0.3) is 16.1 Å². The van der Waals surface area contributed by atoms with E-state index in [1.165, 1.54) is 15.9 Å². The number of nitriles is 2. The fourth-order valence-electron chi connectivity index (χ4n) is 2.51. The van der Waals surface area contributed by atoms with Gasteiger partial charge in [0.15, 0.2) is 0 Å². The van der Waals surface area contributed by atoms with Crippen molar-refractivity contribution in [2.75, 3.05) is 5.73 Å². The molecule has 0 aliphatic carbocycles.